The van der Waals surface area contributed by atoms with Gasteiger partial charge in [-0.15, -0.1) is 0 Å². The van der Waals surface area contributed by atoms with Crippen molar-refractivity contribution in [1.82, 2.24) is 20.1 Å². The maximum Gasteiger partial charge on any atom is 0.272 e. The molecule has 1 saturated heterocycles. The molecule has 4 heterocycles. The minimum atomic E-state index is -0.352. The Morgan fingerprint density at radius 2 is 2.24 bits per heavy atom. The smallest absolute Gasteiger partial charge is 0.272 e. The van der Waals surface area contributed by atoms with Crippen LogP contribution < -0.4 is 9.74 Å². The van der Waals surface area contributed by atoms with Crippen LogP contribution in [0.4, 0.5) is 0 Å². The number of hydrogen-bond acceptors (Lipinski definition) is 4. The molecule has 4 rings (SSSR count). The van der Waals surface area contributed by atoms with E-state index in [0.29, 0.717) is 22.4 Å². The van der Waals surface area contributed by atoms with Gasteiger partial charge in [-0.2, -0.15) is 5.10 Å². The first-order chi connectivity index (χ1) is 11.8. The summed E-state index contributed by atoms with van der Waals surface area (Å²) >= 11 is 0. The van der Waals surface area contributed by atoms with Gasteiger partial charge in [0.25, 0.3) is 12.1 Å². The summed E-state index contributed by atoms with van der Waals surface area (Å²) in [4.78, 5) is 27.5. The Morgan fingerprint density at radius 1 is 1.44 bits per heavy atom. The van der Waals surface area contributed by atoms with E-state index in [9.17, 15) is 9.70 Å². The maximum atomic E-state index is 12.8. The van der Waals surface area contributed by atoms with Crippen molar-refractivity contribution in [3.05, 3.63) is 40.4 Å². The quantitative estimate of drug-likeness (QED) is 0.806. The van der Waals surface area contributed by atoms with Crippen LogP contribution in [-0.4, -0.2) is 32.3 Å². The molecular weight excluding hydrogens is 322 g/mol. The molecule has 2 aromatic heterocycles. The first-order valence-corrected chi connectivity index (χ1v) is 8.52. The Kier molecular flexibility index (Phi) is 3.54. The third-order valence-electron chi connectivity index (χ3n) is 4.50. The van der Waals surface area contributed by atoms with Crippen molar-refractivity contribution in [2.75, 3.05) is 0 Å². The summed E-state index contributed by atoms with van der Waals surface area (Å²) in [5.74, 6) is 0.312. The molecule has 0 radical (unpaired) electrons. The lowest BCUT2D eigenvalue weighted by Gasteiger charge is -2.23. The van der Waals surface area contributed by atoms with Crippen molar-refractivity contribution in [3.8, 4) is 5.82 Å². The predicted molar refractivity (Wildman–Crippen MR) is 89.1 cm³/mol. The monoisotopic (exact) mass is 344 g/mol. The molecule has 8 heteroatoms. The van der Waals surface area contributed by atoms with Gasteiger partial charge < -0.3 is 15.0 Å². The Bertz CT molecular complexity index is 892. The van der Waals surface area contributed by atoms with Crippen molar-refractivity contribution < 1.29 is 14.0 Å². The summed E-state index contributed by atoms with van der Waals surface area (Å²) in [6.07, 6.45) is 6.91. The van der Waals surface area contributed by atoms with Crippen molar-refractivity contribution in [3.63, 3.8) is 0 Å². The zero-order valence-corrected chi connectivity index (χ0v) is 14.6. The highest BCUT2D eigenvalue weighted by Crippen LogP contribution is 2.42. The summed E-state index contributed by atoms with van der Waals surface area (Å²) in [6.45, 7) is 5.81. The van der Waals surface area contributed by atoms with E-state index in [1.165, 1.54) is 12.4 Å². The van der Waals surface area contributed by atoms with Crippen molar-refractivity contribution in [2.24, 2.45) is 0 Å². The summed E-state index contributed by atoms with van der Waals surface area (Å²) in [5.41, 5.74) is 1.86. The summed E-state index contributed by atoms with van der Waals surface area (Å²) < 4.78 is 8.37. The van der Waals surface area contributed by atoms with Gasteiger partial charge in [-0.25, -0.2) is 4.68 Å². The second-order valence-electron chi connectivity index (χ2n) is 7.69. The van der Waals surface area contributed by atoms with E-state index in [0.717, 1.165) is 24.1 Å². The second-order valence-corrected chi connectivity index (χ2v) is 7.69. The Balaban J connectivity index is 1.85. The number of ether oxygens (including phenoxy) is 1. The molecule has 132 valence electrons. The van der Waals surface area contributed by atoms with Gasteiger partial charge in [-0.05, 0) is 33.6 Å². The van der Waals surface area contributed by atoms with Gasteiger partial charge >= 0.3 is 0 Å². The summed E-state index contributed by atoms with van der Waals surface area (Å²) in [7, 11) is 0. The van der Waals surface area contributed by atoms with Crippen molar-refractivity contribution in [2.45, 2.75) is 57.8 Å². The number of aromatic amines is 1. The SMILES string of the molecule is CC(C)(C)NC(=O)c1nn(-c2c[n+](=O)cc[nH]2)c2c1CC1CCC2O1. The zero-order valence-electron chi connectivity index (χ0n) is 14.6. The number of carbonyl (C=O) groups excluding carboxylic acids is 1. The normalized spacial score (nSPS) is 21.9. The van der Waals surface area contributed by atoms with Crippen LogP contribution in [0, 0.1) is 4.91 Å². The van der Waals surface area contributed by atoms with E-state index in [-0.39, 0.29) is 23.7 Å². The minimum Gasteiger partial charge on any atom is -0.368 e. The van der Waals surface area contributed by atoms with E-state index in [4.69, 9.17) is 4.74 Å². The van der Waals surface area contributed by atoms with E-state index in [1.807, 2.05) is 20.8 Å². The molecule has 2 aliphatic heterocycles. The van der Waals surface area contributed by atoms with Crippen LogP contribution in [0.2, 0.25) is 0 Å². The largest absolute Gasteiger partial charge is 0.368 e. The minimum absolute atomic E-state index is 0.0915. The van der Waals surface area contributed by atoms with E-state index in [2.05, 4.69) is 15.4 Å². The third-order valence-corrected chi connectivity index (χ3v) is 4.50. The highest BCUT2D eigenvalue weighted by molar-refractivity contribution is 5.94. The van der Waals surface area contributed by atoms with Crippen LogP contribution in [0.1, 0.15) is 61.5 Å². The Hall–Kier alpha value is -2.48. The summed E-state index contributed by atoms with van der Waals surface area (Å²) in [6, 6.07) is 0. The van der Waals surface area contributed by atoms with Gasteiger partial charge in [-0.3, -0.25) is 4.79 Å². The summed E-state index contributed by atoms with van der Waals surface area (Å²) in [5, 5.41) is 7.53. The molecule has 2 aromatic rings. The van der Waals surface area contributed by atoms with Crippen molar-refractivity contribution in [1.29, 1.82) is 0 Å². The number of H-pyrrole nitrogens is 1. The average molecular weight is 344 g/mol. The molecule has 8 nitrogen and oxygen atoms in total. The number of amides is 1. The van der Waals surface area contributed by atoms with Gasteiger partial charge in [0.2, 0.25) is 12.0 Å². The molecule has 1 amide bonds. The molecule has 0 saturated carbocycles. The number of rotatable bonds is 2. The van der Waals surface area contributed by atoms with E-state index < -0.39 is 0 Å². The predicted octanol–water partition coefficient (Wildman–Crippen LogP) is 1.42. The first kappa shape index (κ1) is 16.0. The fraction of sp³-hybridized carbons (Fsp3) is 0.529. The molecule has 0 aromatic carbocycles. The fourth-order valence-electron chi connectivity index (χ4n) is 3.56. The number of fused-ring (bicyclic) bond motifs is 4. The third kappa shape index (κ3) is 2.86. The highest BCUT2D eigenvalue weighted by Gasteiger charge is 2.41. The number of carbonyl (C=O) groups is 1. The van der Waals surface area contributed by atoms with Gasteiger partial charge in [0.1, 0.15) is 6.10 Å². The average Bonchev–Trinajstić information content (AvgIpc) is 3.08. The lowest BCUT2D eigenvalue weighted by Crippen LogP contribution is -2.41. The highest BCUT2D eigenvalue weighted by atomic mass is 16.5. The van der Waals surface area contributed by atoms with Crippen molar-refractivity contribution >= 4 is 5.91 Å². The van der Waals surface area contributed by atoms with Crippen LogP contribution in [-0.2, 0) is 11.2 Å². The molecule has 2 unspecified atom stereocenters. The molecule has 2 atom stereocenters. The number of aromatic nitrogens is 4. The number of hydrogen-bond donors (Lipinski definition) is 2. The Labute approximate surface area is 144 Å². The Morgan fingerprint density at radius 3 is 2.96 bits per heavy atom. The maximum absolute atomic E-state index is 12.8. The fourth-order valence-corrected chi connectivity index (χ4v) is 3.56. The van der Waals surface area contributed by atoms with Gasteiger partial charge in [-0.1, -0.05) is 0 Å². The molecular formula is C17H22N5O3+. The van der Waals surface area contributed by atoms with Crippen LogP contribution >= 0.6 is 0 Å². The zero-order chi connectivity index (χ0) is 17.8. The number of nitrogens with zero attached hydrogens (tertiary/aromatic N) is 3. The molecule has 2 bridgehead atoms. The molecule has 0 spiro atoms. The molecule has 25 heavy (non-hydrogen) atoms. The van der Waals surface area contributed by atoms with Gasteiger partial charge in [0.15, 0.2) is 5.69 Å². The first-order valence-electron chi connectivity index (χ1n) is 8.52. The van der Waals surface area contributed by atoms with Gasteiger partial charge in [0.05, 0.1) is 22.4 Å². The molecule has 2 aliphatic rings. The molecule has 2 N–H and O–H groups in total. The number of nitrogens with one attached hydrogen (secondary N) is 2. The lowest BCUT2D eigenvalue weighted by molar-refractivity contribution is -0.495. The topological polar surface area (TPSA) is 94.9 Å². The van der Waals surface area contributed by atoms with Crippen LogP contribution in [0.5, 0.6) is 0 Å². The molecule has 1 fully saturated rings. The lowest BCUT2D eigenvalue weighted by atomic mass is 10.0. The van der Waals surface area contributed by atoms with Crippen LogP contribution in [0.3, 0.4) is 0 Å². The van der Waals surface area contributed by atoms with E-state index in [1.54, 1.807) is 10.9 Å². The van der Waals surface area contributed by atoms with Crippen LogP contribution in [0.15, 0.2) is 18.6 Å². The second kappa shape index (κ2) is 5.52. The van der Waals surface area contributed by atoms with Gasteiger partial charge in [0, 0.05) is 22.4 Å². The van der Waals surface area contributed by atoms with Crippen LogP contribution in [0.25, 0.3) is 5.82 Å². The standard InChI is InChI=1S/C17H21N5O3/c1-17(2,3)19-16(23)14-11-8-10-4-5-12(25-10)15(11)22(20-14)13-9-21(24)7-6-18-13/h6-7,9-10,12H,4-5,8H2,1-3H3,(H-,18,19,23,24)/p+1. The molecule has 0 aliphatic carbocycles. The van der Waals surface area contributed by atoms with E-state index >= 15 is 0 Å².